The highest BCUT2D eigenvalue weighted by atomic mass is 15.2. The fraction of sp³-hybridized carbons (Fsp3) is 0.0455. The van der Waals surface area contributed by atoms with Crippen molar-refractivity contribution in [1.82, 2.24) is 24.5 Å². The van der Waals surface area contributed by atoms with Gasteiger partial charge in [-0.1, -0.05) is 36.4 Å². The smallest absolute Gasteiger partial charge is 0.137 e. The Balaban J connectivity index is 1.17. The van der Waals surface area contributed by atoms with Crippen LogP contribution in [-0.4, -0.2) is 31.6 Å². The normalized spacial score (nSPS) is 12.0. The molecule has 0 unspecified atom stereocenters. The number of anilines is 8. The number of rotatable bonds is 6. The molecule has 0 aliphatic carbocycles. The van der Waals surface area contributed by atoms with Crippen LogP contribution in [0.4, 0.5) is 45.8 Å². The van der Waals surface area contributed by atoms with E-state index < -0.39 is 0 Å². The number of pyridine rings is 4. The highest BCUT2D eigenvalue weighted by Crippen LogP contribution is 2.52. The molecule has 0 bridgehead atoms. The first-order valence-corrected chi connectivity index (χ1v) is 17.2. The molecule has 8 nitrogen and oxygen atoms in total. The first kappa shape index (κ1) is 29.8. The number of aryl methyl sites for hydroxylation is 1. The number of hydrogen-bond donors (Lipinski definition) is 0. The highest BCUT2D eigenvalue weighted by molar-refractivity contribution is 6.28. The second-order valence-electron chi connectivity index (χ2n) is 13.0. The van der Waals surface area contributed by atoms with Crippen LogP contribution >= 0.6 is 0 Å². The Bertz CT molecular complexity index is 2690. The standard InChI is InChI=1S/C44H32N8/c1-49-37-13-7-12-35-43-34-19-17-30(52(32-11-9-21-46-28-32)42-15-4-6-23-48-42)25-39(34)50(2)40(43)26-36(44(35)37)33-18-16-29(24-38(33)49)51(31-10-8-20-45-27-31)41-14-3-5-22-47-41/h3-28H,1-2H3. The largest absolute Gasteiger partial charge is 0.344 e. The van der Waals surface area contributed by atoms with Crippen molar-refractivity contribution in [1.29, 1.82) is 0 Å². The number of hydrogen-bond acceptors (Lipinski definition) is 7. The lowest BCUT2D eigenvalue weighted by molar-refractivity contribution is 1.01. The predicted octanol–water partition coefficient (Wildman–Crippen LogP) is 10.8. The zero-order valence-corrected chi connectivity index (χ0v) is 28.6. The van der Waals surface area contributed by atoms with Crippen LogP contribution in [-0.2, 0) is 7.05 Å². The van der Waals surface area contributed by atoms with Gasteiger partial charge in [0.15, 0.2) is 0 Å². The molecule has 8 heteroatoms. The summed E-state index contributed by atoms with van der Waals surface area (Å²) in [5.41, 5.74) is 11.0. The lowest BCUT2D eigenvalue weighted by atomic mass is 9.89. The molecule has 0 amide bonds. The van der Waals surface area contributed by atoms with Crippen molar-refractivity contribution in [2.75, 3.05) is 21.7 Å². The summed E-state index contributed by atoms with van der Waals surface area (Å²) in [6.45, 7) is 0. The van der Waals surface area contributed by atoms with Gasteiger partial charge in [0.2, 0.25) is 0 Å². The summed E-state index contributed by atoms with van der Waals surface area (Å²) in [6.07, 6.45) is 11.0. The molecule has 0 spiro atoms. The highest BCUT2D eigenvalue weighted by Gasteiger charge is 2.27. The van der Waals surface area contributed by atoms with Gasteiger partial charge < -0.3 is 9.47 Å². The SMILES string of the molecule is CN1c2cc(N(c3cccnc3)c3ccccn3)ccc2-c2cc3c(c4cccc1c24)c1ccc(N(c2cccnc2)c2ccccn2)cc1n3C. The molecular formula is C44H32N8. The van der Waals surface area contributed by atoms with Crippen LogP contribution in [0.15, 0.2) is 159 Å². The van der Waals surface area contributed by atoms with Gasteiger partial charge in [-0.05, 0) is 95.9 Å². The van der Waals surface area contributed by atoms with Crippen LogP contribution in [0.3, 0.4) is 0 Å². The Hall–Kier alpha value is -7.06. The summed E-state index contributed by atoms with van der Waals surface area (Å²) >= 11 is 0. The number of aromatic nitrogens is 5. The van der Waals surface area contributed by atoms with Crippen LogP contribution in [0.25, 0.3) is 43.7 Å². The fourth-order valence-electron chi connectivity index (χ4n) is 7.83. The Morgan fingerprint density at radius 3 is 1.77 bits per heavy atom. The molecule has 248 valence electrons. The zero-order chi connectivity index (χ0) is 34.8. The minimum atomic E-state index is 0.832. The second kappa shape index (κ2) is 11.8. The van der Waals surface area contributed by atoms with Crippen molar-refractivity contribution in [3.8, 4) is 11.1 Å². The summed E-state index contributed by atoms with van der Waals surface area (Å²) in [6, 6.07) is 42.5. The van der Waals surface area contributed by atoms with E-state index in [1.54, 1.807) is 12.4 Å². The molecule has 0 fully saturated rings. The summed E-state index contributed by atoms with van der Waals surface area (Å²) in [4.78, 5) is 24.9. The molecule has 0 atom stereocenters. The maximum absolute atomic E-state index is 4.72. The Labute approximate surface area is 300 Å². The van der Waals surface area contributed by atoms with Gasteiger partial charge in [0.05, 0.1) is 40.5 Å². The summed E-state index contributed by atoms with van der Waals surface area (Å²) < 4.78 is 2.33. The Morgan fingerprint density at radius 1 is 0.462 bits per heavy atom. The number of benzene rings is 4. The van der Waals surface area contributed by atoms with Gasteiger partial charge in [-0.3, -0.25) is 19.8 Å². The quantitative estimate of drug-likeness (QED) is 0.174. The van der Waals surface area contributed by atoms with Gasteiger partial charge in [0.1, 0.15) is 11.6 Å². The third kappa shape index (κ3) is 4.54. The minimum Gasteiger partial charge on any atom is -0.344 e. The van der Waals surface area contributed by atoms with Crippen molar-refractivity contribution in [3.05, 3.63) is 159 Å². The van der Waals surface area contributed by atoms with Gasteiger partial charge in [-0.25, -0.2) is 9.97 Å². The van der Waals surface area contributed by atoms with Crippen LogP contribution in [0.2, 0.25) is 0 Å². The van der Waals surface area contributed by atoms with E-state index in [0.29, 0.717) is 0 Å². The molecule has 1 aliphatic heterocycles. The molecule has 5 aromatic heterocycles. The van der Waals surface area contributed by atoms with Gasteiger partial charge in [-0.15, -0.1) is 0 Å². The topological polar surface area (TPSA) is 66.2 Å². The van der Waals surface area contributed by atoms with Gasteiger partial charge in [0.25, 0.3) is 0 Å². The number of fused-ring (bicyclic) bond motifs is 6. The second-order valence-corrected chi connectivity index (χ2v) is 13.0. The molecule has 0 saturated carbocycles. The lowest BCUT2D eigenvalue weighted by Crippen LogP contribution is -2.17. The van der Waals surface area contributed by atoms with E-state index in [0.717, 1.165) is 45.6 Å². The fourth-order valence-corrected chi connectivity index (χ4v) is 7.83. The van der Waals surface area contributed by atoms with E-state index >= 15 is 0 Å². The molecule has 52 heavy (non-hydrogen) atoms. The lowest BCUT2D eigenvalue weighted by Gasteiger charge is -2.32. The predicted molar refractivity (Wildman–Crippen MR) is 212 cm³/mol. The molecule has 9 aromatic rings. The van der Waals surface area contributed by atoms with E-state index in [1.165, 1.54) is 43.9 Å². The van der Waals surface area contributed by atoms with Crippen molar-refractivity contribution in [2.24, 2.45) is 7.05 Å². The van der Waals surface area contributed by atoms with Gasteiger partial charge in [-0.2, -0.15) is 0 Å². The van der Waals surface area contributed by atoms with E-state index in [9.17, 15) is 0 Å². The maximum Gasteiger partial charge on any atom is 0.137 e. The molecule has 0 radical (unpaired) electrons. The van der Waals surface area contributed by atoms with E-state index in [1.807, 2.05) is 73.3 Å². The summed E-state index contributed by atoms with van der Waals surface area (Å²) in [5, 5.41) is 4.96. The van der Waals surface area contributed by atoms with Crippen molar-refractivity contribution in [2.45, 2.75) is 0 Å². The molecule has 6 heterocycles. The van der Waals surface area contributed by atoms with Crippen molar-refractivity contribution < 1.29 is 0 Å². The Morgan fingerprint density at radius 2 is 1.13 bits per heavy atom. The van der Waals surface area contributed by atoms with Gasteiger partial charge in [0, 0.05) is 77.7 Å². The molecule has 4 aromatic carbocycles. The van der Waals surface area contributed by atoms with Crippen LogP contribution in [0.5, 0.6) is 0 Å². The van der Waals surface area contributed by atoms with Crippen LogP contribution < -0.4 is 14.7 Å². The van der Waals surface area contributed by atoms with E-state index in [-0.39, 0.29) is 0 Å². The summed E-state index contributed by atoms with van der Waals surface area (Å²) in [5.74, 6) is 1.67. The van der Waals surface area contributed by atoms with E-state index in [4.69, 9.17) is 9.97 Å². The monoisotopic (exact) mass is 672 g/mol. The third-order valence-corrected chi connectivity index (χ3v) is 10.2. The molecule has 1 aliphatic rings. The van der Waals surface area contributed by atoms with Crippen molar-refractivity contribution >= 4 is 78.3 Å². The number of nitrogens with zero attached hydrogens (tertiary/aromatic N) is 8. The maximum atomic E-state index is 4.72. The average Bonchev–Trinajstić information content (AvgIpc) is 3.49. The molecule has 10 rings (SSSR count). The van der Waals surface area contributed by atoms with Gasteiger partial charge >= 0.3 is 0 Å². The Kier molecular flexibility index (Phi) is 6.75. The minimum absolute atomic E-state index is 0.832. The molecule has 0 N–H and O–H groups in total. The summed E-state index contributed by atoms with van der Waals surface area (Å²) in [7, 11) is 4.34. The van der Waals surface area contributed by atoms with Crippen LogP contribution in [0.1, 0.15) is 0 Å². The van der Waals surface area contributed by atoms with Crippen molar-refractivity contribution in [3.63, 3.8) is 0 Å². The first-order chi connectivity index (χ1) is 25.7. The molecule has 0 saturated heterocycles. The average molecular weight is 673 g/mol. The zero-order valence-electron chi connectivity index (χ0n) is 28.6. The van der Waals surface area contributed by atoms with Crippen LogP contribution in [0, 0.1) is 0 Å². The van der Waals surface area contributed by atoms with E-state index in [2.05, 4.69) is 116 Å². The third-order valence-electron chi connectivity index (χ3n) is 10.2. The first-order valence-electron chi connectivity index (χ1n) is 17.2. The molecular weight excluding hydrogens is 641 g/mol.